The summed E-state index contributed by atoms with van der Waals surface area (Å²) in [6, 6.07) is 8.65. The molecule has 1 aliphatic carbocycles. The topological polar surface area (TPSA) is 52.1 Å². The lowest BCUT2D eigenvalue weighted by Gasteiger charge is -2.28. The quantitative estimate of drug-likeness (QED) is 0.140. The van der Waals surface area contributed by atoms with Crippen molar-refractivity contribution in [1.82, 2.24) is 9.97 Å². The Morgan fingerprint density at radius 2 is 1.44 bits per heavy atom. The standard InChI is InChI=1S/C34H51FN2O2/c1-3-5-7-8-9-10-11-12-13-29-25-36-33(37-26-29)30-21-17-27(18-22-30)15-16-28-19-23-31(24-20-28)39-34(38)32(35)14-6-4-2/h17-18,21-22,25-26,28,31-32H,3-16,19-20,23-24H2,1-2H3. The third-order valence-electron chi connectivity index (χ3n) is 8.22. The molecule has 0 radical (unpaired) electrons. The highest BCUT2D eigenvalue weighted by Crippen LogP contribution is 2.30. The Bertz CT molecular complexity index is 923. The third-order valence-corrected chi connectivity index (χ3v) is 8.22. The van der Waals surface area contributed by atoms with Gasteiger partial charge < -0.3 is 4.74 Å². The van der Waals surface area contributed by atoms with Gasteiger partial charge >= 0.3 is 5.97 Å². The molecule has 39 heavy (non-hydrogen) atoms. The van der Waals surface area contributed by atoms with E-state index in [4.69, 9.17) is 4.74 Å². The fourth-order valence-corrected chi connectivity index (χ4v) is 5.56. The smallest absolute Gasteiger partial charge is 0.340 e. The molecule has 0 spiro atoms. The van der Waals surface area contributed by atoms with E-state index in [1.54, 1.807) is 0 Å². The molecule has 1 aliphatic rings. The molecule has 1 saturated carbocycles. The van der Waals surface area contributed by atoms with E-state index in [0.29, 0.717) is 5.92 Å². The first-order valence-corrected chi connectivity index (χ1v) is 15.8. The first-order chi connectivity index (χ1) is 19.1. The zero-order valence-electron chi connectivity index (χ0n) is 24.5. The van der Waals surface area contributed by atoms with E-state index in [1.807, 2.05) is 19.3 Å². The van der Waals surface area contributed by atoms with Crippen molar-refractivity contribution < 1.29 is 13.9 Å². The molecule has 1 aromatic heterocycles. The number of nitrogens with zero attached hydrogens (tertiary/aromatic N) is 2. The molecule has 216 valence electrons. The second kappa shape index (κ2) is 18.1. The molecule has 1 unspecified atom stereocenters. The van der Waals surface area contributed by atoms with E-state index in [9.17, 15) is 9.18 Å². The van der Waals surface area contributed by atoms with Crippen LogP contribution in [-0.4, -0.2) is 28.2 Å². The highest BCUT2D eigenvalue weighted by molar-refractivity contribution is 5.74. The van der Waals surface area contributed by atoms with E-state index in [0.717, 1.165) is 69.2 Å². The van der Waals surface area contributed by atoms with Crippen molar-refractivity contribution >= 4 is 5.97 Å². The van der Waals surface area contributed by atoms with Crippen molar-refractivity contribution in [1.29, 1.82) is 0 Å². The molecule has 0 bridgehead atoms. The van der Waals surface area contributed by atoms with Crippen molar-refractivity contribution in [2.45, 2.75) is 142 Å². The van der Waals surface area contributed by atoms with Crippen molar-refractivity contribution in [3.63, 3.8) is 0 Å². The summed E-state index contributed by atoms with van der Waals surface area (Å²) in [6.07, 6.45) is 22.0. The number of alkyl halides is 1. The number of aromatic nitrogens is 2. The molecule has 0 N–H and O–H groups in total. The molecule has 0 amide bonds. The van der Waals surface area contributed by atoms with Crippen LogP contribution in [0.5, 0.6) is 0 Å². The second-order valence-electron chi connectivity index (χ2n) is 11.6. The summed E-state index contributed by atoms with van der Waals surface area (Å²) in [6.45, 7) is 4.26. The number of unbranched alkanes of at least 4 members (excludes halogenated alkanes) is 8. The van der Waals surface area contributed by atoms with E-state index in [1.165, 1.54) is 62.5 Å². The summed E-state index contributed by atoms with van der Waals surface area (Å²) >= 11 is 0. The molecular weight excluding hydrogens is 487 g/mol. The third kappa shape index (κ3) is 11.8. The number of hydrogen-bond acceptors (Lipinski definition) is 4. The second-order valence-corrected chi connectivity index (χ2v) is 11.6. The van der Waals surface area contributed by atoms with Crippen molar-refractivity contribution in [3.05, 3.63) is 47.8 Å². The van der Waals surface area contributed by atoms with Gasteiger partial charge in [0.1, 0.15) is 6.10 Å². The molecule has 3 rings (SSSR count). The summed E-state index contributed by atoms with van der Waals surface area (Å²) < 4.78 is 19.3. The molecular formula is C34H51FN2O2. The van der Waals surface area contributed by atoms with Crippen molar-refractivity contribution in [2.75, 3.05) is 0 Å². The summed E-state index contributed by atoms with van der Waals surface area (Å²) in [4.78, 5) is 21.2. The number of rotatable bonds is 18. The largest absolute Gasteiger partial charge is 0.460 e. The van der Waals surface area contributed by atoms with Gasteiger partial charge in [0.15, 0.2) is 12.0 Å². The van der Waals surface area contributed by atoms with Crippen LogP contribution in [0.1, 0.15) is 128 Å². The zero-order valence-corrected chi connectivity index (χ0v) is 24.5. The maximum atomic E-state index is 13.9. The van der Waals surface area contributed by atoms with E-state index < -0.39 is 12.1 Å². The van der Waals surface area contributed by atoms with Gasteiger partial charge in [0.25, 0.3) is 0 Å². The number of carbonyl (C=O) groups excluding carboxylic acids is 1. The minimum Gasteiger partial charge on any atom is -0.460 e. The van der Waals surface area contributed by atoms with E-state index >= 15 is 0 Å². The van der Waals surface area contributed by atoms with Gasteiger partial charge in [-0.25, -0.2) is 19.2 Å². The number of benzene rings is 1. The van der Waals surface area contributed by atoms with Gasteiger partial charge in [-0.05, 0) is 74.8 Å². The van der Waals surface area contributed by atoms with Crippen LogP contribution in [0.3, 0.4) is 0 Å². The number of hydrogen-bond donors (Lipinski definition) is 0. The van der Waals surface area contributed by atoms with Gasteiger partial charge in [0, 0.05) is 18.0 Å². The monoisotopic (exact) mass is 538 g/mol. The number of esters is 1. The molecule has 1 aromatic carbocycles. The lowest BCUT2D eigenvalue weighted by molar-refractivity contribution is -0.157. The van der Waals surface area contributed by atoms with Crippen LogP contribution >= 0.6 is 0 Å². The first-order valence-electron chi connectivity index (χ1n) is 15.8. The van der Waals surface area contributed by atoms with Gasteiger partial charge in [-0.15, -0.1) is 0 Å². The fourth-order valence-electron chi connectivity index (χ4n) is 5.56. The Morgan fingerprint density at radius 3 is 2.08 bits per heavy atom. The summed E-state index contributed by atoms with van der Waals surface area (Å²) in [5.74, 6) is 0.770. The van der Waals surface area contributed by atoms with Crippen LogP contribution in [0.25, 0.3) is 11.4 Å². The van der Waals surface area contributed by atoms with Crippen molar-refractivity contribution in [2.24, 2.45) is 5.92 Å². The maximum Gasteiger partial charge on any atom is 0.340 e. The Balaban J connectivity index is 1.32. The van der Waals surface area contributed by atoms with E-state index in [-0.39, 0.29) is 12.5 Å². The van der Waals surface area contributed by atoms with Gasteiger partial charge in [0.05, 0.1) is 0 Å². The van der Waals surface area contributed by atoms with Gasteiger partial charge in [0.2, 0.25) is 0 Å². The Hall–Kier alpha value is -2.30. The average Bonchev–Trinajstić information content (AvgIpc) is 2.97. The summed E-state index contributed by atoms with van der Waals surface area (Å²) in [7, 11) is 0. The van der Waals surface area contributed by atoms with Crippen molar-refractivity contribution in [3.8, 4) is 11.4 Å². The van der Waals surface area contributed by atoms with Crippen LogP contribution in [0, 0.1) is 5.92 Å². The zero-order chi connectivity index (χ0) is 27.7. The molecule has 0 aliphatic heterocycles. The predicted octanol–water partition coefficient (Wildman–Crippen LogP) is 9.39. The van der Waals surface area contributed by atoms with Gasteiger partial charge in [-0.2, -0.15) is 0 Å². The summed E-state index contributed by atoms with van der Waals surface area (Å²) in [5.41, 5.74) is 3.62. The maximum absolute atomic E-state index is 13.9. The minimum atomic E-state index is -1.46. The highest BCUT2D eigenvalue weighted by Gasteiger charge is 2.27. The Kier molecular flexibility index (Phi) is 14.5. The molecule has 5 heteroatoms. The SMILES string of the molecule is CCCCCCCCCCc1cnc(-c2ccc(CCC3CCC(OC(=O)C(F)CCCC)CC3)cc2)nc1. The van der Waals surface area contributed by atoms with Crippen LogP contribution in [0.15, 0.2) is 36.7 Å². The molecule has 1 fully saturated rings. The highest BCUT2D eigenvalue weighted by atomic mass is 19.1. The number of halogens is 1. The lowest BCUT2D eigenvalue weighted by atomic mass is 9.83. The van der Waals surface area contributed by atoms with Crippen LogP contribution in [0.4, 0.5) is 4.39 Å². The first kappa shape index (κ1) is 31.2. The Labute approximate surface area is 236 Å². The van der Waals surface area contributed by atoms with E-state index in [2.05, 4.69) is 41.2 Å². The Morgan fingerprint density at radius 1 is 0.821 bits per heavy atom. The predicted molar refractivity (Wildman–Crippen MR) is 158 cm³/mol. The lowest BCUT2D eigenvalue weighted by Crippen LogP contribution is -2.29. The molecule has 1 atom stereocenters. The molecule has 2 aromatic rings. The number of carbonyl (C=O) groups is 1. The molecule has 0 saturated heterocycles. The molecule has 4 nitrogen and oxygen atoms in total. The fraction of sp³-hybridized carbons (Fsp3) is 0.676. The molecule has 1 heterocycles. The number of aryl methyl sites for hydroxylation is 2. The van der Waals surface area contributed by atoms with Gasteiger partial charge in [-0.1, -0.05) is 95.9 Å². The van der Waals surface area contributed by atoms with Gasteiger partial charge in [-0.3, -0.25) is 0 Å². The van der Waals surface area contributed by atoms with Crippen LogP contribution in [-0.2, 0) is 22.4 Å². The van der Waals surface area contributed by atoms with Crippen LogP contribution < -0.4 is 0 Å². The number of ether oxygens (including phenoxy) is 1. The summed E-state index contributed by atoms with van der Waals surface area (Å²) in [5, 5.41) is 0. The van der Waals surface area contributed by atoms with Crippen LogP contribution in [0.2, 0.25) is 0 Å². The average molecular weight is 539 g/mol. The normalized spacial score (nSPS) is 18.1. The minimum absolute atomic E-state index is 0.111.